The van der Waals surface area contributed by atoms with Crippen molar-refractivity contribution in [3.63, 3.8) is 0 Å². The third-order valence-electron chi connectivity index (χ3n) is 5.45. The summed E-state index contributed by atoms with van der Waals surface area (Å²) in [5.74, 6) is 0.553. The van der Waals surface area contributed by atoms with Gasteiger partial charge in [0.15, 0.2) is 0 Å². The van der Waals surface area contributed by atoms with Crippen LogP contribution in [0.2, 0.25) is 0 Å². The lowest BCUT2D eigenvalue weighted by Crippen LogP contribution is -2.26. The van der Waals surface area contributed by atoms with Gasteiger partial charge in [-0.05, 0) is 57.9 Å². The van der Waals surface area contributed by atoms with Gasteiger partial charge in [0.25, 0.3) is 0 Å². The first-order chi connectivity index (χ1) is 16.9. The standard InChI is InChI=1S/C24H23BrF3N3O4S/c1-36(33,34)31-22-10-14(2-7-19(22)25)23(32)13-29-8-9-35-16-4-6-18-17-5-3-15(24(26,27)28)11-20(17)30-21(18)12-16/h2-7,10-12,23,29-32H,8-9,13H2,1H3/t23-/m0/s1. The van der Waals surface area contributed by atoms with Gasteiger partial charge in [-0.2, -0.15) is 13.2 Å². The topological polar surface area (TPSA) is 103 Å². The molecule has 0 unspecified atom stereocenters. The molecule has 1 heterocycles. The molecule has 0 bridgehead atoms. The number of fused-ring (bicyclic) bond motifs is 3. The second-order valence-corrected chi connectivity index (χ2v) is 10.9. The third kappa shape index (κ3) is 6.30. The molecule has 0 saturated carbocycles. The Labute approximate surface area is 213 Å². The molecule has 0 spiro atoms. The lowest BCUT2D eigenvalue weighted by molar-refractivity contribution is -0.137. The van der Waals surface area contributed by atoms with Crippen molar-refractivity contribution in [1.29, 1.82) is 0 Å². The molecule has 0 aliphatic heterocycles. The maximum atomic E-state index is 13.0. The second kappa shape index (κ2) is 10.3. The largest absolute Gasteiger partial charge is 0.492 e. The van der Waals surface area contributed by atoms with Gasteiger partial charge in [-0.3, -0.25) is 4.72 Å². The van der Waals surface area contributed by atoms with Gasteiger partial charge in [0.2, 0.25) is 10.0 Å². The number of aliphatic hydroxyl groups is 1. The summed E-state index contributed by atoms with van der Waals surface area (Å²) in [6, 6.07) is 13.8. The highest BCUT2D eigenvalue weighted by Gasteiger charge is 2.30. The molecule has 0 aliphatic rings. The van der Waals surface area contributed by atoms with Crippen molar-refractivity contribution >= 4 is 53.4 Å². The van der Waals surface area contributed by atoms with Crippen LogP contribution in [0, 0.1) is 0 Å². The molecule has 4 aromatic rings. The Morgan fingerprint density at radius 3 is 2.44 bits per heavy atom. The van der Waals surface area contributed by atoms with E-state index in [9.17, 15) is 26.7 Å². The van der Waals surface area contributed by atoms with E-state index in [2.05, 4.69) is 31.0 Å². The summed E-state index contributed by atoms with van der Waals surface area (Å²) in [6.45, 7) is 0.922. The zero-order valence-corrected chi connectivity index (χ0v) is 21.4. The van der Waals surface area contributed by atoms with Gasteiger partial charge >= 0.3 is 6.18 Å². The molecule has 1 aromatic heterocycles. The number of sulfonamides is 1. The number of hydrogen-bond acceptors (Lipinski definition) is 5. The van der Waals surface area contributed by atoms with Crippen LogP contribution in [-0.4, -0.2) is 44.5 Å². The predicted octanol–water partition coefficient (Wildman–Crippen LogP) is 5.18. The fraction of sp³-hybridized carbons (Fsp3) is 0.250. The van der Waals surface area contributed by atoms with Gasteiger partial charge in [-0.1, -0.05) is 12.1 Å². The average Bonchev–Trinajstić information content (AvgIpc) is 3.15. The van der Waals surface area contributed by atoms with Crippen molar-refractivity contribution in [2.45, 2.75) is 12.3 Å². The Kier molecular flexibility index (Phi) is 7.51. The first-order valence-electron chi connectivity index (χ1n) is 10.8. The van der Waals surface area contributed by atoms with E-state index in [1.54, 1.807) is 36.4 Å². The van der Waals surface area contributed by atoms with Crippen molar-refractivity contribution in [3.05, 3.63) is 70.2 Å². The molecule has 0 aliphatic carbocycles. The van der Waals surface area contributed by atoms with Crippen molar-refractivity contribution in [2.75, 3.05) is 30.7 Å². The Hall–Kier alpha value is -2.80. The van der Waals surface area contributed by atoms with E-state index in [4.69, 9.17) is 4.74 Å². The third-order valence-corrected chi connectivity index (χ3v) is 6.74. The fourth-order valence-electron chi connectivity index (χ4n) is 3.78. The Morgan fingerprint density at radius 2 is 1.75 bits per heavy atom. The number of aromatic amines is 1. The van der Waals surface area contributed by atoms with Crippen LogP contribution in [0.1, 0.15) is 17.2 Å². The van der Waals surface area contributed by atoms with Crippen LogP contribution in [0.4, 0.5) is 18.9 Å². The SMILES string of the molecule is CS(=O)(=O)Nc1cc([C@@H](O)CNCCOc2ccc3c(c2)[nH]c2cc(C(F)(F)F)ccc23)ccc1Br. The van der Waals surface area contributed by atoms with E-state index in [1.165, 1.54) is 6.07 Å². The minimum Gasteiger partial charge on any atom is -0.492 e. The van der Waals surface area contributed by atoms with Crippen molar-refractivity contribution in [3.8, 4) is 5.75 Å². The van der Waals surface area contributed by atoms with Gasteiger partial charge in [0.1, 0.15) is 12.4 Å². The molecule has 0 radical (unpaired) electrons. The molecular weight excluding hydrogens is 563 g/mol. The van der Waals surface area contributed by atoms with E-state index in [0.29, 0.717) is 44.4 Å². The molecule has 0 fully saturated rings. The van der Waals surface area contributed by atoms with Gasteiger partial charge < -0.3 is 20.1 Å². The Morgan fingerprint density at radius 1 is 1.06 bits per heavy atom. The first kappa shape index (κ1) is 26.3. The van der Waals surface area contributed by atoms with E-state index in [0.717, 1.165) is 23.8 Å². The summed E-state index contributed by atoms with van der Waals surface area (Å²) < 4.78 is 70.7. The van der Waals surface area contributed by atoms with Gasteiger partial charge in [-0.25, -0.2) is 8.42 Å². The molecular formula is C24H23BrF3N3O4S. The molecule has 12 heteroatoms. The molecule has 3 aromatic carbocycles. The number of H-pyrrole nitrogens is 1. The summed E-state index contributed by atoms with van der Waals surface area (Å²) >= 11 is 3.28. The van der Waals surface area contributed by atoms with Gasteiger partial charge in [-0.15, -0.1) is 0 Å². The maximum absolute atomic E-state index is 13.0. The smallest absolute Gasteiger partial charge is 0.416 e. The highest BCUT2D eigenvalue weighted by atomic mass is 79.9. The first-order valence-corrected chi connectivity index (χ1v) is 13.5. The van der Waals surface area contributed by atoms with Crippen molar-refractivity contribution < 1.29 is 31.4 Å². The maximum Gasteiger partial charge on any atom is 0.416 e. The summed E-state index contributed by atoms with van der Waals surface area (Å²) in [6.07, 6.45) is -4.24. The van der Waals surface area contributed by atoms with E-state index in [1.807, 2.05) is 0 Å². The Balaban J connectivity index is 1.32. The number of nitrogens with one attached hydrogen (secondary N) is 3. The average molecular weight is 586 g/mol. The summed E-state index contributed by atoms with van der Waals surface area (Å²) in [4.78, 5) is 3.01. The van der Waals surface area contributed by atoms with Crippen molar-refractivity contribution in [1.82, 2.24) is 10.3 Å². The highest BCUT2D eigenvalue weighted by Crippen LogP contribution is 2.34. The summed E-state index contributed by atoms with van der Waals surface area (Å²) in [5, 5.41) is 15.0. The number of halogens is 4. The number of hydrogen-bond donors (Lipinski definition) is 4. The van der Waals surface area contributed by atoms with Crippen molar-refractivity contribution in [2.24, 2.45) is 0 Å². The lowest BCUT2D eigenvalue weighted by atomic mass is 10.1. The molecule has 1 atom stereocenters. The monoisotopic (exact) mass is 585 g/mol. The molecule has 4 N–H and O–H groups in total. The normalized spacial score (nSPS) is 13.3. The number of alkyl halides is 3. The van der Waals surface area contributed by atoms with Crippen LogP contribution < -0.4 is 14.8 Å². The molecule has 36 heavy (non-hydrogen) atoms. The highest BCUT2D eigenvalue weighted by molar-refractivity contribution is 9.10. The van der Waals surface area contributed by atoms with E-state index < -0.39 is 27.9 Å². The van der Waals surface area contributed by atoms with Gasteiger partial charge in [0, 0.05) is 39.9 Å². The van der Waals surface area contributed by atoms with Crippen LogP contribution in [-0.2, 0) is 16.2 Å². The predicted molar refractivity (Wildman–Crippen MR) is 137 cm³/mol. The van der Waals surface area contributed by atoms with Crippen LogP contribution in [0.5, 0.6) is 5.75 Å². The number of aliphatic hydroxyl groups excluding tert-OH is 1. The minimum atomic E-state index is -4.41. The lowest BCUT2D eigenvalue weighted by Gasteiger charge is -2.15. The molecule has 0 amide bonds. The zero-order chi connectivity index (χ0) is 26.1. The number of ether oxygens (including phenoxy) is 1. The Bertz CT molecular complexity index is 1510. The molecule has 192 valence electrons. The quantitative estimate of drug-likeness (QED) is 0.203. The number of benzene rings is 3. The summed E-state index contributed by atoms with van der Waals surface area (Å²) in [5.41, 5.74) is 1.22. The molecule has 4 rings (SSSR count). The second-order valence-electron chi connectivity index (χ2n) is 8.27. The van der Waals surface area contributed by atoms with Gasteiger partial charge in [0.05, 0.1) is 29.1 Å². The van der Waals surface area contributed by atoms with E-state index >= 15 is 0 Å². The summed E-state index contributed by atoms with van der Waals surface area (Å²) in [7, 11) is -3.46. The number of rotatable bonds is 9. The minimum absolute atomic E-state index is 0.214. The van der Waals surface area contributed by atoms with Crippen LogP contribution in [0.3, 0.4) is 0 Å². The number of anilines is 1. The van der Waals surface area contributed by atoms with Crippen LogP contribution >= 0.6 is 15.9 Å². The molecule has 7 nitrogen and oxygen atoms in total. The van der Waals surface area contributed by atoms with E-state index in [-0.39, 0.29) is 13.2 Å². The zero-order valence-electron chi connectivity index (χ0n) is 19.0. The molecule has 0 saturated heterocycles. The fourth-order valence-corrected chi connectivity index (χ4v) is 4.83. The van der Waals surface area contributed by atoms with Crippen LogP contribution in [0.15, 0.2) is 59.1 Å². The van der Waals surface area contributed by atoms with Crippen LogP contribution in [0.25, 0.3) is 21.8 Å². The number of aromatic nitrogens is 1.